The van der Waals surface area contributed by atoms with Crippen molar-refractivity contribution in [2.75, 3.05) is 13.1 Å². The van der Waals surface area contributed by atoms with Gasteiger partial charge in [-0.3, -0.25) is 4.90 Å². The molecule has 1 unspecified atom stereocenters. The predicted octanol–water partition coefficient (Wildman–Crippen LogP) is 3.81. The van der Waals surface area contributed by atoms with Gasteiger partial charge in [0.05, 0.1) is 29.6 Å². The van der Waals surface area contributed by atoms with E-state index >= 15 is 0 Å². The zero-order valence-electron chi connectivity index (χ0n) is 13.5. The van der Waals surface area contributed by atoms with Crippen molar-refractivity contribution < 1.29 is 0 Å². The van der Waals surface area contributed by atoms with Crippen molar-refractivity contribution in [2.45, 2.75) is 52.1 Å². The Morgan fingerprint density at radius 3 is 2.77 bits per heavy atom. The molecule has 0 amide bonds. The van der Waals surface area contributed by atoms with Crippen molar-refractivity contribution in [2.24, 2.45) is 0 Å². The molecule has 0 saturated carbocycles. The predicted molar refractivity (Wildman–Crippen MR) is 88.5 cm³/mol. The zero-order valence-corrected chi connectivity index (χ0v) is 13.5. The largest absolute Gasteiger partial charge is 0.326 e. The normalized spacial score (nSPS) is 17.0. The van der Waals surface area contributed by atoms with Crippen molar-refractivity contribution in [3.8, 4) is 6.07 Å². The molecule has 0 N–H and O–H groups in total. The van der Waals surface area contributed by atoms with E-state index in [0.29, 0.717) is 12.5 Å². The summed E-state index contributed by atoms with van der Waals surface area (Å²) in [4.78, 5) is 7.51. The lowest BCUT2D eigenvalue weighted by Gasteiger charge is -2.26. The van der Waals surface area contributed by atoms with Gasteiger partial charge in [0.15, 0.2) is 0 Å². The van der Waals surface area contributed by atoms with E-state index in [9.17, 15) is 0 Å². The minimum Gasteiger partial charge on any atom is -0.326 e. The Labute approximate surface area is 132 Å². The Morgan fingerprint density at radius 2 is 2.09 bits per heavy atom. The maximum absolute atomic E-state index is 8.99. The number of imidazole rings is 1. The summed E-state index contributed by atoms with van der Waals surface area (Å²) >= 11 is 0. The standard InChI is InChI=1S/C18H24N4/c1-3-16(21-10-4-5-11-21)18-20-15-13-14(2)7-8-17(15)22(18)12-6-9-19/h7-8,13,16H,3-6,10-12H2,1-2H3. The molecule has 3 rings (SSSR count). The molecule has 1 aliphatic rings. The molecule has 2 heterocycles. The highest BCUT2D eigenvalue weighted by molar-refractivity contribution is 5.77. The van der Waals surface area contributed by atoms with Gasteiger partial charge in [0.2, 0.25) is 0 Å². The van der Waals surface area contributed by atoms with E-state index in [2.05, 4.69) is 47.6 Å². The molecule has 0 spiro atoms. The number of hydrogen-bond acceptors (Lipinski definition) is 3. The Bertz CT molecular complexity index is 689. The van der Waals surface area contributed by atoms with Crippen molar-refractivity contribution in [1.82, 2.24) is 14.5 Å². The Kier molecular flexibility index (Phi) is 4.44. The number of aryl methyl sites for hydroxylation is 2. The van der Waals surface area contributed by atoms with E-state index in [0.717, 1.165) is 29.8 Å². The van der Waals surface area contributed by atoms with Gasteiger partial charge in [-0.2, -0.15) is 5.26 Å². The highest BCUT2D eigenvalue weighted by Crippen LogP contribution is 2.30. The SMILES string of the molecule is CCC(c1nc2cc(C)ccc2n1CCC#N)N1CCCC1. The van der Waals surface area contributed by atoms with Gasteiger partial charge in [0.1, 0.15) is 5.82 Å². The third kappa shape index (κ3) is 2.74. The van der Waals surface area contributed by atoms with Crippen LogP contribution in [-0.4, -0.2) is 27.5 Å². The van der Waals surface area contributed by atoms with Crippen LogP contribution in [0.1, 0.15) is 50.0 Å². The summed E-state index contributed by atoms with van der Waals surface area (Å²) in [5, 5.41) is 8.99. The van der Waals surface area contributed by atoms with Gasteiger partial charge in [0, 0.05) is 6.54 Å². The number of aromatic nitrogens is 2. The first-order chi connectivity index (χ1) is 10.7. The van der Waals surface area contributed by atoms with Gasteiger partial charge >= 0.3 is 0 Å². The molecule has 0 aliphatic carbocycles. The molecule has 1 saturated heterocycles. The molecule has 1 aliphatic heterocycles. The summed E-state index contributed by atoms with van der Waals surface area (Å²) in [6.45, 7) is 7.40. The monoisotopic (exact) mass is 296 g/mol. The minimum absolute atomic E-state index is 0.369. The number of hydrogen-bond donors (Lipinski definition) is 0. The second-order valence-electron chi connectivity index (χ2n) is 6.19. The van der Waals surface area contributed by atoms with Crippen molar-refractivity contribution in [3.05, 3.63) is 29.6 Å². The molecule has 2 aromatic rings. The van der Waals surface area contributed by atoms with Crippen LogP contribution in [-0.2, 0) is 6.54 Å². The van der Waals surface area contributed by atoms with Gasteiger partial charge in [0.25, 0.3) is 0 Å². The second kappa shape index (κ2) is 6.50. The molecule has 4 nitrogen and oxygen atoms in total. The summed E-state index contributed by atoms with van der Waals surface area (Å²) < 4.78 is 2.27. The topological polar surface area (TPSA) is 44.9 Å². The van der Waals surface area contributed by atoms with Gasteiger partial charge in [-0.15, -0.1) is 0 Å². The van der Waals surface area contributed by atoms with E-state index in [4.69, 9.17) is 10.2 Å². The van der Waals surface area contributed by atoms with Gasteiger partial charge < -0.3 is 4.57 Å². The van der Waals surface area contributed by atoms with Gasteiger partial charge in [-0.05, 0) is 57.0 Å². The van der Waals surface area contributed by atoms with Crippen LogP contribution >= 0.6 is 0 Å². The molecule has 116 valence electrons. The summed E-state index contributed by atoms with van der Waals surface area (Å²) in [6.07, 6.45) is 4.17. The smallest absolute Gasteiger partial charge is 0.127 e. The lowest BCUT2D eigenvalue weighted by Crippen LogP contribution is -2.27. The quantitative estimate of drug-likeness (QED) is 0.843. The highest BCUT2D eigenvalue weighted by Gasteiger charge is 2.26. The first-order valence-electron chi connectivity index (χ1n) is 8.32. The summed E-state index contributed by atoms with van der Waals surface area (Å²) in [6, 6.07) is 9.07. The average molecular weight is 296 g/mol. The fourth-order valence-electron chi connectivity index (χ4n) is 3.57. The van der Waals surface area contributed by atoms with Crippen molar-refractivity contribution >= 4 is 11.0 Å². The third-order valence-electron chi connectivity index (χ3n) is 4.65. The van der Waals surface area contributed by atoms with Crippen LogP contribution in [0.5, 0.6) is 0 Å². The molecular weight excluding hydrogens is 272 g/mol. The van der Waals surface area contributed by atoms with Crippen LogP contribution in [0.4, 0.5) is 0 Å². The lowest BCUT2D eigenvalue weighted by molar-refractivity contribution is 0.225. The molecule has 0 radical (unpaired) electrons. The molecule has 1 fully saturated rings. The summed E-state index contributed by atoms with van der Waals surface area (Å²) in [5.74, 6) is 1.14. The molecule has 4 heteroatoms. The fraction of sp³-hybridized carbons (Fsp3) is 0.556. The van der Waals surface area contributed by atoms with Crippen molar-refractivity contribution in [3.63, 3.8) is 0 Å². The van der Waals surface area contributed by atoms with E-state index in [1.807, 2.05) is 0 Å². The fourth-order valence-corrected chi connectivity index (χ4v) is 3.57. The summed E-state index contributed by atoms with van der Waals surface area (Å²) in [5.41, 5.74) is 3.46. The van der Waals surface area contributed by atoms with Crippen LogP contribution < -0.4 is 0 Å². The average Bonchev–Trinajstić information content (AvgIpc) is 3.14. The maximum atomic E-state index is 8.99. The highest BCUT2D eigenvalue weighted by atomic mass is 15.2. The number of likely N-dealkylation sites (tertiary alicyclic amines) is 1. The molecule has 1 aromatic carbocycles. The Morgan fingerprint density at radius 1 is 1.32 bits per heavy atom. The van der Waals surface area contributed by atoms with Crippen LogP contribution in [0.15, 0.2) is 18.2 Å². The number of fused-ring (bicyclic) bond motifs is 1. The number of nitrogens with zero attached hydrogens (tertiary/aromatic N) is 4. The van der Waals surface area contributed by atoms with E-state index < -0.39 is 0 Å². The first-order valence-corrected chi connectivity index (χ1v) is 8.32. The molecule has 1 atom stereocenters. The number of rotatable bonds is 5. The van der Waals surface area contributed by atoms with E-state index in [1.165, 1.54) is 31.5 Å². The molecule has 1 aromatic heterocycles. The van der Waals surface area contributed by atoms with Crippen LogP contribution in [0, 0.1) is 18.3 Å². The third-order valence-corrected chi connectivity index (χ3v) is 4.65. The van der Waals surface area contributed by atoms with E-state index in [-0.39, 0.29) is 0 Å². The first kappa shape index (κ1) is 15.1. The zero-order chi connectivity index (χ0) is 15.5. The van der Waals surface area contributed by atoms with Crippen LogP contribution in [0.25, 0.3) is 11.0 Å². The number of nitriles is 1. The Balaban J connectivity index is 2.07. The lowest BCUT2D eigenvalue weighted by atomic mass is 10.2. The number of benzene rings is 1. The molecule has 0 bridgehead atoms. The van der Waals surface area contributed by atoms with Crippen molar-refractivity contribution in [1.29, 1.82) is 5.26 Å². The van der Waals surface area contributed by atoms with Gasteiger partial charge in [-0.1, -0.05) is 13.0 Å². The van der Waals surface area contributed by atoms with Crippen LogP contribution in [0.2, 0.25) is 0 Å². The second-order valence-corrected chi connectivity index (χ2v) is 6.19. The van der Waals surface area contributed by atoms with Gasteiger partial charge in [-0.25, -0.2) is 4.98 Å². The Hall–Kier alpha value is -1.86. The minimum atomic E-state index is 0.369. The summed E-state index contributed by atoms with van der Waals surface area (Å²) in [7, 11) is 0. The van der Waals surface area contributed by atoms with E-state index in [1.54, 1.807) is 0 Å². The molecular formula is C18H24N4. The molecule has 22 heavy (non-hydrogen) atoms. The van der Waals surface area contributed by atoms with Crippen LogP contribution in [0.3, 0.4) is 0 Å². The maximum Gasteiger partial charge on any atom is 0.127 e.